The minimum absolute atomic E-state index is 0.275. The standard InChI is InChI=1S/C46H82O21/c1-4-5-15-19-29(20-18-23-31(50)30(49)21-16-13-11-9-7-6-8-10-12-14-17-22-32(51)43(58)59)64-45-42(38(55)35(26-62-45)63-28(3)48)67-46-41(36(53)33(52)24-61-46)66-44-40(57)39(56)37(54)34(65-44)25-60-27(2)47/h29-42,44-46,49-57H,4-26H2,1-3H3,(H,58,59)/t29-,30-,31+,32+,33-,34-,35-,36+,37-,38+,39+,40-,41-,42-,44+,45+,46+/m1/s1. The summed E-state index contributed by atoms with van der Waals surface area (Å²) in [6.45, 7) is 3.06. The monoisotopic (exact) mass is 971 g/mol. The van der Waals surface area contributed by atoms with Gasteiger partial charge in [0.05, 0.1) is 31.5 Å². The zero-order valence-corrected chi connectivity index (χ0v) is 39.5. The van der Waals surface area contributed by atoms with Crippen LogP contribution < -0.4 is 0 Å². The topological polar surface area (TPSA) is 327 Å². The Morgan fingerprint density at radius 3 is 1.67 bits per heavy atom. The van der Waals surface area contributed by atoms with Crippen LogP contribution in [0.5, 0.6) is 0 Å². The first-order valence-electron chi connectivity index (χ1n) is 24.5. The van der Waals surface area contributed by atoms with Crippen molar-refractivity contribution in [3.05, 3.63) is 0 Å². The molecule has 0 bridgehead atoms. The second-order valence-corrected chi connectivity index (χ2v) is 18.3. The van der Waals surface area contributed by atoms with Gasteiger partial charge in [-0.1, -0.05) is 96.8 Å². The van der Waals surface area contributed by atoms with Crippen molar-refractivity contribution in [3.63, 3.8) is 0 Å². The second kappa shape index (κ2) is 31.9. The maximum absolute atomic E-state index is 12.0. The first kappa shape index (κ1) is 59.1. The van der Waals surface area contributed by atoms with E-state index in [-0.39, 0.29) is 13.0 Å². The molecule has 0 aromatic carbocycles. The summed E-state index contributed by atoms with van der Waals surface area (Å²) in [5.74, 6) is -2.59. The van der Waals surface area contributed by atoms with E-state index in [4.69, 9.17) is 43.0 Å². The summed E-state index contributed by atoms with van der Waals surface area (Å²) in [6, 6.07) is 0. The molecular weight excluding hydrogens is 888 g/mol. The van der Waals surface area contributed by atoms with Crippen molar-refractivity contribution in [2.45, 2.75) is 254 Å². The third-order valence-corrected chi connectivity index (χ3v) is 12.5. The lowest BCUT2D eigenvalue weighted by molar-refractivity contribution is -0.380. The Labute approximate surface area is 393 Å². The molecular formula is C46H82O21. The van der Waals surface area contributed by atoms with Crippen molar-refractivity contribution < 1.29 is 103 Å². The fourth-order valence-electron chi connectivity index (χ4n) is 8.48. The van der Waals surface area contributed by atoms with Crippen LogP contribution >= 0.6 is 0 Å². The quantitative estimate of drug-likeness (QED) is 0.0327. The van der Waals surface area contributed by atoms with Gasteiger partial charge < -0.3 is 89.0 Å². The average Bonchev–Trinajstić information content (AvgIpc) is 3.28. The van der Waals surface area contributed by atoms with Crippen LogP contribution in [0.15, 0.2) is 0 Å². The predicted molar refractivity (Wildman–Crippen MR) is 235 cm³/mol. The molecule has 10 N–H and O–H groups in total. The van der Waals surface area contributed by atoms with Crippen LogP contribution in [0.1, 0.15) is 149 Å². The zero-order chi connectivity index (χ0) is 49.5. The Bertz CT molecular complexity index is 1380. The van der Waals surface area contributed by atoms with Crippen molar-refractivity contribution >= 4 is 17.9 Å². The number of carbonyl (C=O) groups excluding carboxylic acids is 2. The summed E-state index contributed by atoms with van der Waals surface area (Å²) in [4.78, 5) is 34.1. The number of unbranched alkanes of at least 4 members (excludes halogenated alkanes) is 12. The van der Waals surface area contributed by atoms with Crippen LogP contribution in [0.2, 0.25) is 0 Å². The molecule has 3 saturated heterocycles. The molecule has 3 rings (SSSR count). The minimum Gasteiger partial charge on any atom is -0.479 e. The number of carbonyl (C=O) groups is 3. The van der Waals surface area contributed by atoms with E-state index in [1.54, 1.807) is 0 Å². The number of carboxylic acids is 1. The van der Waals surface area contributed by atoms with Crippen molar-refractivity contribution in [2.24, 2.45) is 0 Å². The van der Waals surface area contributed by atoms with Gasteiger partial charge in [0.15, 0.2) is 31.1 Å². The third kappa shape index (κ3) is 21.0. The third-order valence-electron chi connectivity index (χ3n) is 12.5. The van der Waals surface area contributed by atoms with Crippen LogP contribution in [0.4, 0.5) is 0 Å². The molecule has 67 heavy (non-hydrogen) atoms. The molecule has 17 atom stereocenters. The number of aliphatic hydroxyl groups excluding tert-OH is 9. The van der Waals surface area contributed by atoms with E-state index in [1.165, 1.54) is 0 Å². The highest BCUT2D eigenvalue weighted by molar-refractivity contribution is 5.71. The Morgan fingerprint density at radius 1 is 0.567 bits per heavy atom. The van der Waals surface area contributed by atoms with Crippen molar-refractivity contribution in [3.8, 4) is 0 Å². The number of rotatable bonds is 33. The number of ether oxygens (including phenoxy) is 8. The predicted octanol–water partition coefficient (Wildman–Crippen LogP) is 1.23. The molecule has 0 aromatic rings. The fraction of sp³-hybridized carbons (Fsp3) is 0.935. The molecule has 0 radical (unpaired) electrons. The second-order valence-electron chi connectivity index (χ2n) is 18.3. The lowest BCUT2D eigenvalue weighted by atomic mass is 9.98. The first-order chi connectivity index (χ1) is 31.9. The van der Waals surface area contributed by atoms with Gasteiger partial charge in [-0.15, -0.1) is 0 Å². The van der Waals surface area contributed by atoms with E-state index in [0.29, 0.717) is 38.5 Å². The summed E-state index contributed by atoms with van der Waals surface area (Å²) in [6.07, 6.45) is -8.29. The molecule has 3 aliphatic heterocycles. The Kier molecular flexibility index (Phi) is 28.2. The maximum Gasteiger partial charge on any atom is 0.332 e. The Hall–Kier alpha value is -2.19. The van der Waals surface area contributed by atoms with Crippen LogP contribution in [0.25, 0.3) is 0 Å². The van der Waals surface area contributed by atoms with E-state index >= 15 is 0 Å². The summed E-state index contributed by atoms with van der Waals surface area (Å²) < 4.78 is 46.1. The number of carboxylic acid groups (broad SMARTS) is 1. The van der Waals surface area contributed by atoms with Crippen LogP contribution in [-0.2, 0) is 52.3 Å². The fourth-order valence-corrected chi connectivity index (χ4v) is 8.48. The zero-order valence-electron chi connectivity index (χ0n) is 39.5. The number of aliphatic carboxylic acids is 1. The smallest absolute Gasteiger partial charge is 0.332 e. The normalized spacial score (nSPS) is 32.0. The highest BCUT2D eigenvalue weighted by Crippen LogP contribution is 2.32. The summed E-state index contributed by atoms with van der Waals surface area (Å²) >= 11 is 0. The first-order valence-corrected chi connectivity index (χ1v) is 24.5. The van der Waals surface area contributed by atoms with Crippen LogP contribution in [0.3, 0.4) is 0 Å². The SMILES string of the molecule is CCCCC[C@H](CCC[C@H](O)[C@H](O)CCCCCCCCCCCCC[C@H](O)C(=O)O)O[C@@H]1OC[C@@H](OC(C)=O)[C@H](O)[C@H]1O[C@@H]1OC[C@@H](O)[C@H](O)[C@H]1O[C@@H]1O[C@H](COC(C)=O)[C@@H](O)[C@H](O)[C@H]1O. The Morgan fingerprint density at radius 2 is 1.09 bits per heavy atom. The number of esters is 2. The maximum atomic E-state index is 12.0. The average molecular weight is 971 g/mol. The van der Waals surface area contributed by atoms with Gasteiger partial charge in [-0.3, -0.25) is 9.59 Å². The van der Waals surface area contributed by atoms with Gasteiger partial charge in [-0.05, 0) is 38.5 Å². The number of hydrogen-bond donors (Lipinski definition) is 10. The molecule has 3 heterocycles. The molecule has 0 amide bonds. The highest BCUT2D eigenvalue weighted by atomic mass is 16.8. The van der Waals surface area contributed by atoms with Gasteiger partial charge in [0.2, 0.25) is 0 Å². The minimum atomic E-state index is -1.90. The van der Waals surface area contributed by atoms with Gasteiger partial charge in [0.25, 0.3) is 0 Å². The molecule has 21 nitrogen and oxygen atoms in total. The van der Waals surface area contributed by atoms with Gasteiger partial charge >= 0.3 is 17.9 Å². The summed E-state index contributed by atoms with van der Waals surface area (Å²) in [5.41, 5.74) is 0. The molecule has 0 aromatic heterocycles. The largest absolute Gasteiger partial charge is 0.479 e. The van der Waals surface area contributed by atoms with Crippen LogP contribution in [0, 0.1) is 0 Å². The molecule has 0 unspecified atom stereocenters. The molecule has 3 fully saturated rings. The highest BCUT2D eigenvalue weighted by Gasteiger charge is 2.52. The molecule has 0 aliphatic carbocycles. The molecule has 392 valence electrons. The lowest BCUT2D eigenvalue weighted by Crippen LogP contribution is -2.64. The van der Waals surface area contributed by atoms with Crippen molar-refractivity contribution in [1.29, 1.82) is 0 Å². The van der Waals surface area contributed by atoms with E-state index < -0.39 is 135 Å². The van der Waals surface area contributed by atoms with Crippen LogP contribution in [-0.4, -0.2) is 193 Å². The molecule has 0 saturated carbocycles. The summed E-state index contributed by atoms with van der Waals surface area (Å²) in [5, 5.41) is 105. The number of hydrogen-bond acceptors (Lipinski definition) is 20. The van der Waals surface area contributed by atoms with E-state index in [1.807, 2.05) is 0 Å². The summed E-state index contributed by atoms with van der Waals surface area (Å²) in [7, 11) is 0. The molecule has 21 heteroatoms. The van der Waals surface area contributed by atoms with E-state index in [2.05, 4.69) is 6.92 Å². The van der Waals surface area contributed by atoms with E-state index in [0.717, 1.165) is 97.3 Å². The Balaban J connectivity index is 1.56. The van der Waals surface area contributed by atoms with Gasteiger partial charge in [0, 0.05) is 13.8 Å². The number of aliphatic hydroxyl groups is 9. The van der Waals surface area contributed by atoms with Gasteiger partial charge in [-0.25, -0.2) is 4.79 Å². The van der Waals surface area contributed by atoms with Gasteiger partial charge in [0.1, 0.15) is 61.5 Å². The molecule has 0 spiro atoms. The van der Waals surface area contributed by atoms with Gasteiger partial charge in [-0.2, -0.15) is 0 Å². The lowest BCUT2D eigenvalue weighted by Gasteiger charge is -2.46. The molecule has 3 aliphatic rings. The van der Waals surface area contributed by atoms with E-state index in [9.17, 15) is 60.3 Å². The van der Waals surface area contributed by atoms with Crippen molar-refractivity contribution in [2.75, 3.05) is 19.8 Å². The van der Waals surface area contributed by atoms with Crippen molar-refractivity contribution in [1.82, 2.24) is 0 Å².